The molecule has 1 aromatic rings. The van der Waals surface area contributed by atoms with Crippen LogP contribution < -0.4 is 10.6 Å². The third-order valence-electron chi connectivity index (χ3n) is 4.77. The number of likely N-dealkylation sites (tertiary alicyclic amines) is 1. The number of carbonyl (C=O) groups excluding carboxylic acids is 1. The van der Waals surface area contributed by atoms with Crippen molar-refractivity contribution < 1.29 is 4.79 Å². The molecular formula is C14H22N6O. The average molecular weight is 290 g/mol. The van der Waals surface area contributed by atoms with Gasteiger partial charge in [-0.1, -0.05) is 6.42 Å². The number of hydrogen-bond acceptors (Lipinski definition) is 6. The van der Waals surface area contributed by atoms with Crippen molar-refractivity contribution in [3.63, 3.8) is 0 Å². The Bertz CT molecular complexity index is 479. The standard InChI is InChI=1S/C14H22N6O/c15-12(21)14(20-6-2-1-3-7-20)4-8-19(9-5-14)13-17-10-16-11-18-13/h10-11H,1-9H2,(H2,15,21). The molecule has 0 radical (unpaired) electrons. The highest BCUT2D eigenvalue weighted by Crippen LogP contribution is 2.32. The monoisotopic (exact) mass is 290 g/mol. The molecule has 0 aliphatic carbocycles. The van der Waals surface area contributed by atoms with Gasteiger partial charge in [0.2, 0.25) is 11.9 Å². The summed E-state index contributed by atoms with van der Waals surface area (Å²) >= 11 is 0. The highest BCUT2D eigenvalue weighted by Gasteiger charge is 2.45. The van der Waals surface area contributed by atoms with Crippen LogP contribution in [0.4, 0.5) is 5.95 Å². The Morgan fingerprint density at radius 2 is 1.67 bits per heavy atom. The van der Waals surface area contributed by atoms with Crippen LogP contribution >= 0.6 is 0 Å². The fourth-order valence-corrected chi connectivity index (χ4v) is 3.51. The van der Waals surface area contributed by atoms with Gasteiger partial charge in [0.15, 0.2) is 0 Å². The molecule has 2 N–H and O–H groups in total. The molecule has 0 unspecified atom stereocenters. The lowest BCUT2D eigenvalue weighted by Crippen LogP contribution is -2.63. The molecule has 3 rings (SSSR count). The van der Waals surface area contributed by atoms with Gasteiger partial charge >= 0.3 is 0 Å². The minimum Gasteiger partial charge on any atom is -0.368 e. The highest BCUT2D eigenvalue weighted by molar-refractivity contribution is 5.85. The summed E-state index contributed by atoms with van der Waals surface area (Å²) in [6.07, 6.45) is 8.06. The molecule has 1 amide bonds. The number of carbonyl (C=O) groups is 1. The Balaban J connectivity index is 1.72. The van der Waals surface area contributed by atoms with Gasteiger partial charge in [0.05, 0.1) is 0 Å². The van der Waals surface area contributed by atoms with E-state index in [1.54, 1.807) is 0 Å². The van der Waals surface area contributed by atoms with E-state index in [2.05, 4.69) is 24.8 Å². The summed E-state index contributed by atoms with van der Waals surface area (Å²) in [4.78, 5) is 28.8. The molecule has 21 heavy (non-hydrogen) atoms. The molecule has 3 heterocycles. The maximum atomic E-state index is 12.1. The van der Waals surface area contributed by atoms with Crippen molar-refractivity contribution in [2.24, 2.45) is 5.73 Å². The van der Waals surface area contributed by atoms with Gasteiger partial charge in [-0.2, -0.15) is 0 Å². The first-order valence-electron chi connectivity index (χ1n) is 7.64. The van der Waals surface area contributed by atoms with Gasteiger partial charge in [0.1, 0.15) is 18.2 Å². The van der Waals surface area contributed by atoms with E-state index in [4.69, 9.17) is 5.73 Å². The Hall–Kier alpha value is -1.76. The van der Waals surface area contributed by atoms with Gasteiger partial charge < -0.3 is 10.6 Å². The number of primary amides is 1. The number of hydrogen-bond donors (Lipinski definition) is 1. The summed E-state index contributed by atoms with van der Waals surface area (Å²) in [5.74, 6) is 0.501. The van der Waals surface area contributed by atoms with Crippen molar-refractivity contribution in [2.45, 2.75) is 37.6 Å². The zero-order chi connectivity index (χ0) is 14.7. The van der Waals surface area contributed by atoms with Crippen LogP contribution in [0.15, 0.2) is 12.7 Å². The summed E-state index contributed by atoms with van der Waals surface area (Å²) in [6.45, 7) is 3.47. The molecule has 2 saturated heterocycles. The van der Waals surface area contributed by atoms with Gasteiger partial charge in [-0.3, -0.25) is 9.69 Å². The van der Waals surface area contributed by atoms with E-state index in [1.807, 2.05) is 0 Å². The summed E-state index contributed by atoms with van der Waals surface area (Å²) in [6, 6.07) is 0. The van der Waals surface area contributed by atoms with Gasteiger partial charge in [-0.25, -0.2) is 15.0 Å². The molecule has 2 aliphatic rings. The SMILES string of the molecule is NC(=O)C1(N2CCCCC2)CCN(c2ncncn2)CC1. The summed E-state index contributed by atoms with van der Waals surface area (Å²) in [7, 11) is 0. The lowest BCUT2D eigenvalue weighted by Gasteiger charge is -2.48. The Kier molecular flexibility index (Phi) is 4.01. The fourth-order valence-electron chi connectivity index (χ4n) is 3.51. The number of amides is 1. The molecular weight excluding hydrogens is 268 g/mol. The van der Waals surface area contributed by atoms with Crippen LogP contribution in [0.1, 0.15) is 32.1 Å². The van der Waals surface area contributed by atoms with Crippen molar-refractivity contribution >= 4 is 11.9 Å². The first kappa shape index (κ1) is 14.2. The van der Waals surface area contributed by atoms with Crippen molar-refractivity contribution in [2.75, 3.05) is 31.1 Å². The van der Waals surface area contributed by atoms with Gasteiger partial charge in [0, 0.05) is 13.1 Å². The molecule has 0 aromatic carbocycles. The lowest BCUT2D eigenvalue weighted by atomic mass is 9.83. The second kappa shape index (κ2) is 5.93. The Morgan fingerprint density at radius 3 is 2.24 bits per heavy atom. The predicted octanol–water partition coefficient (Wildman–Crippen LogP) is 0.182. The van der Waals surface area contributed by atoms with Crippen molar-refractivity contribution in [1.29, 1.82) is 0 Å². The van der Waals surface area contributed by atoms with Crippen molar-refractivity contribution in [3.8, 4) is 0 Å². The molecule has 1 aromatic heterocycles. The molecule has 0 bridgehead atoms. The van der Waals surface area contributed by atoms with E-state index < -0.39 is 5.54 Å². The molecule has 0 spiro atoms. The summed E-state index contributed by atoms with van der Waals surface area (Å²) < 4.78 is 0. The van der Waals surface area contributed by atoms with Crippen LogP contribution in [0.3, 0.4) is 0 Å². The quantitative estimate of drug-likeness (QED) is 0.854. The van der Waals surface area contributed by atoms with Gasteiger partial charge in [-0.05, 0) is 38.8 Å². The zero-order valence-corrected chi connectivity index (χ0v) is 12.2. The van der Waals surface area contributed by atoms with Crippen LogP contribution in [0.2, 0.25) is 0 Å². The number of nitrogens with zero attached hydrogens (tertiary/aromatic N) is 5. The predicted molar refractivity (Wildman–Crippen MR) is 78.6 cm³/mol. The molecule has 7 heteroatoms. The van der Waals surface area contributed by atoms with Crippen LogP contribution in [0.25, 0.3) is 0 Å². The van der Waals surface area contributed by atoms with Crippen LogP contribution in [0, 0.1) is 0 Å². The topological polar surface area (TPSA) is 88.2 Å². The van der Waals surface area contributed by atoms with E-state index in [0.29, 0.717) is 5.95 Å². The minimum atomic E-state index is -0.482. The normalized spacial score (nSPS) is 23.0. The molecule has 2 aliphatic heterocycles. The third kappa shape index (κ3) is 2.70. The number of anilines is 1. The Labute approximate surface area is 124 Å². The maximum Gasteiger partial charge on any atom is 0.238 e. The van der Waals surface area contributed by atoms with E-state index in [-0.39, 0.29) is 5.91 Å². The summed E-state index contributed by atoms with van der Waals surface area (Å²) in [5, 5.41) is 0. The zero-order valence-electron chi connectivity index (χ0n) is 12.2. The number of rotatable bonds is 3. The largest absolute Gasteiger partial charge is 0.368 e. The first-order chi connectivity index (χ1) is 10.2. The van der Waals surface area contributed by atoms with Gasteiger partial charge in [0.25, 0.3) is 0 Å². The second-order valence-electron chi connectivity index (χ2n) is 5.87. The molecule has 114 valence electrons. The first-order valence-corrected chi connectivity index (χ1v) is 7.64. The van der Waals surface area contributed by atoms with E-state index in [9.17, 15) is 4.79 Å². The molecule has 2 fully saturated rings. The van der Waals surface area contributed by atoms with Gasteiger partial charge in [-0.15, -0.1) is 0 Å². The van der Waals surface area contributed by atoms with Crippen LogP contribution in [0.5, 0.6) is 0 Å². The maximum absolute atomic E-state index is 12.1. The van der Waals surface area contributed by atoms with Crippen LogP contribution in [-0.4, -0.2) is 57.5 Å². The number of nitrogens with two attached hydrogens (primary N) is 1. The van der Waals surface area contributed by atoms with E-state index in [1.165, 1.54) is 19.1 Å². The number of piperidine rings is 2. The Morgan fingerprint density at radius 1 is 1.05 bits per heavy atom. The molecule has 7 nitrogen and oxygen atoms in total. The molecule has 0 saturated carbocycles. The van der Waals surface area contributed by atoms with Crippen molar-refractivity contribution in [3.05, 3.63) is 12.7 Å². The fraction of sp³-hybridized carbons (Fsp3) is 0.714. The van der Waals surface area contributed by atoms with Crippen LogP contribution in [-0.2, 0) is 4.79 Å². The lowest BCUT2D eigenvalue weighted by molar-refractivity contribution is -0.132. The summed E-state index contributed by atoms with van der Waals surface area (Å²) in [5.41, 5.74) is 5.29. The third-order valence-corrected chi connectivity index (χ3v) is 4.77. The van der Waals surface area contributed by atoms with Crippen molar-refractivity contribution in [1.82, 2.24) is 19.9 Å². The highest BCUT2D eigenvalue weighted by atomic mass is 16.1. The second-order valence-corrected chi connectivity index (χ2v) is 5.87. The van der Waals surface area contributed by atoms with E-state index in [0.717, 1.165) is 51.9 Å². The smallest absolute Gasteiger partial charge is 0.238 e. The minimum absolute atomic E-state index is 0.181. The number of aromatic nitrogens is 3. The molecule has 0 atom stereocenters. The average Bonchev–Trinajstić information content (AvgIpc) is 2.56. The van der Waals surface area contributed by atoms with E-state index >= 15 is 0 Å².